The number of carboxylic acids is 1. The van der Waals surface area contributed by atoms with Crippen molar-refractivity contribution in [3.63, 3.8) is 0 Å². The molecule has 8 heteroatoms. The highest BCUT2D eigenvalue weighted by Gasteiger charge is 2.42. The molecule has 8 N–H and O–H groups in total. The molecule has 0 amide bonds. The third kappa shape index (κ3) is 3.37. The van der Waals surface area contributed by atoms with Crippen LogP contribution >= 0.6 is 0 Å². The fourth-order valence-electron chi connectivity index (χ4n) is 1.94. The van der Waals surface area contributed by atoms with Crippen LogP contribution in [0.15, 0.2) is 0 Å². The van der Waals surface area contributed by atoms with Gasteiger partial charge in [0.25, 0.3) is 0 Å². The third-order valence-electron chi connectivity index (χ3n) is 3.16. The Kier molecular flexibility index (Phi) is 5.45. The molecular weight excluding hydrogens is 244 g/mol. The minimum atomic E-state index is -1.26. The molecule has 1 fully saturated rings. The molecule has 1 saturated heterocycles. The molecule has 1 aliphatic rings. The highest BCUT2D eigenvalue weighted by Crippen LogP contribution is 2.23. The molecule has 0 spiro atoms. The predicted molar refractivity (Wildman–Crippen MR) is 60.6 cm³/mol. The Morgan fingerprint density at radius 2 is 1.89 bits per heavy atom. The van der Waals surface area contributed by atoms with Crippen molar-refractivity contribution in [1.29, 1.82) is 0 Å². The molecular formula is C10H20N2O6. The zero-order valence-electron chi connectivity index (χ0n) is 9.85. The smallest absolute Gasteiger partial charge is 0.320 e. The van der Waals surface area contributed by atoms with Crippen LogP contribution in [0.4, 0.5) is 0 Å². The highest BCUT2D eigenvalue weighted by atomic mass is 16.5. The summed E-state index contributed by atoms with van der Waals surface area (Å²) in [6.07, 6.45) is -3.68. The molecule has 106 valence electrons. The maximum absolute atomic E-state index is 10.6. The van der Waals surface area contributed by atoms with Gasteiger partial charge in [0.2, 0.25) is 0 Å². The Labute approximate surface area is 104 Å². The van der Waals surface area contributed by atoms with E-state index in [4.69, 9.17) is 26.4 Å². The summed E-state index contributed by atoms with van der Waals surface area (Å²) >= 11 is 0. The molecule has 0 aromatic heterocycles. The molecule has 5 unspecified atom stereocenters. The molecule has 0 saturated carbocycles. The second-order valence-corrected chi connectivity index (χ2v) is 4.48. The molecule has 6 atom stereocenters. The van der Waals surface area contributed by atoms with E-state index in [2.05, 4.69) is 0 Å². The van der Waals surface area contributed by atoms with E-state index in [1.165, 1.54) is 0 Å². The van der Waals surface area contributed by atoms with Crippen molar-refractivity contribution in [3.05, 3.63) is 0 Å². The minimum Gasteiger partial charge on any atom is -0.480 e. The fraction of sp³-hybridized carbons (Fsp3) is 0.900. The van der Waals surface area contributed by atoms with E-state index in [9.17, 15) is 15.0 Å². The monoisotopic (exact) mass is 264 g/mol. The molecule has 1 aliphatic heterocycles. The van der Waals surface area contributed by atoms with Crippen LogP contribution in [0.25, 0.3) is 0 Å². The third-order valence-corrected chi connectivity index (χ3v) is 3.16. The summed E-state index contributed by atoms with van der Waals surface area (Å²) in [5.74, 6) is -1.13. The summed E-state index contributed by atoms with van der Waals surface area (Å²) < 4.78 is 5.33. The number of ether oxygens (including phenoxy) is 1. The largest absolute Gasteiger partial charge is 0.480 e. The first-order valence-electron chi connectivity index (χ1n) is 5.75. The van der Waals surface area contributed by atoms with Gasteiger partial charge in [-0.3, -0.25) is 4.79 Å². The SMILES string of the molecule is NC(CC[C@H]1OC(CO)C(O)C(O)C1N)C(=O)O. The van der Waals surface area contributed by atoms with E-state index < -0.39 is 49.1 Å². The van der Waals surface area contributed by atoms with Crippen molar-refractivity contribution in [2.24, 2.45) is 11.5 Å². The molecule has 1 rings (SSSR count). The number of aliphatic carboxylic acids is 1. The lowest BCUT2D eigenvalue weighted by Crippen LogP contribution is -2.62. The van der Waals surface area contributed by atoms with Crippen molar-refractivity contribution in [2.45, 2.75) is 49.3 Å². The molecule has 0 aliphatic carbocycles. The lowest BCUT2D eigenvalue weighted by atomic mass is 9.90. The van der Waals surface area contributed by atoms with E-state index in [0.717, 1.165) is 0 Å². The number of aliphatic hydroxyl groups is 3. The van der Waals surface area contributed by atoms with E-state index in [0.29, 0.717) is 0 Å². The van der Waals surface area contributed by atoms with Crippen molar-refractivity contribution in [1.82, 2.24) is 0 Å². The molecule has 0 aromatic rings. The number of carbonyl (C=O) groups is 1. The summed E-state index contributed by atoms with van der Waals surface area (Å²) in [5.41, 5.74) is 11.0. The van der Waals surface area contributed by atoms with Crippen molar-refractivity contribution in [3.8, 4) is 0 Å². The Bertz CT molecular complexity index is 288. The van der Waals surface area contributed by atoms with Crippen LogP contribution in [0.3, 0.4) is 0 Å². The summed E-state index contributed by atoms with van der Waals surface area (Å²) in [7, 11) is 0. The van der Waals surface area contributed by atoms with Gasteiger partial charge in [0.15, 0.2) is 0 Å². The second-order valence-electron chi connectivity index (χ2n) is 4.48. The zero-order valence-corrected chi connectivity index (χ0v) is 9.85. The van der Waals surface area contributed by atoms with Crippen LogP contribution in [0.1, 0.15) is 12.8 Å². The van der Waals surface area contributed by atoms with E-state index in [1.807, 2.05) is 0 Å². The van der Waals surface area contributed by atoms with Gasteiger partial charge in [-0.05, 0) is 12.8 Å². The highest BCUT2D eigenvalue weighted by molar-refractivity contribution is 5.72. The average Bonchev–Trinajstić information content (AvgIpc) is 2.34. The number of hydrogen-bond acceptors (Lipinski definition) is 7. The van der Waals surface area contributed by atoms with Gasteiger partial charge in [-0.1, -0.05) is 0 Å². The lowest BCUT2D eigenvalue weighted by Gasteiger charge is -2.41. The molecule has 0 aromatic carbocycles. The summed E-state index contributed by atoms with van der Waals surface area (Å²) in [6.45, 7) is -0.452. The predicted octanol–water partition coefficient (Wildman–Crippen LogP) is -3.01. The van der Waals surface area contributed by atoms with Gasteiger partial charge >= 0.3 is 5.97 Å². The Balaban J connectivity index is 2.56. The van der Waals surface area contributed by atoms with Gasteiger partial charge < -0.3 is 36.6 Å². The maximum atomic E-state index is 10.6. The normalized spacial score (nSPS) is 38.4. The molecule has 8 nitrogen and oxygen atoms in total. The number of nitrogens with two attached hydrogens (primary N) is 2. The van der Waals surface area contributed by atoms with Gasteiger partial charge in [-0.15, -0.1) is 0 Å². The van der Waals surface area contributed by atoms with Crippen LogP contribution in [0, 0.1) is 0 Å². The van der Waals surface area contributed by atoms with E-state index in [1.54, 1.807) is 0 Å². The van der Waals surface area contributed by atoms with Crippen molar-refractivity contribution < 1.29 is 30.0 Å². The maximum Gasteiger partial charge on any atom is 0.320 e. The van der Waals surface area contributed by atoms with Crippen LogP contribution in [-0.2, 0) is 9.53 Å². The number of hydrogen-bond donors (Lipinski definition) is 6. The van der Waals surface area contributed by atoms with Crippen LogP contribution < -0.4 is 11.5 Å². The van der Waals surface area contributed by atoms with Gasteiger partial charge in [0.1, 0.15) is 24.4 Å². The number of aliphatic hydroxyl groups excluding tert-OH is 3. The van der Waals surface area contributed by atoms with Gasteiger partial charge in [-0.2, -0.15) is 0 Å². The van der Waals surface area contributed by atoms with Gasteiger partial charge in [0.05, 0.1) is 18.8 Å². The van der Waals surface area contributed by atoms with Crippen molar-refractivity contribution >= 4 is 5.97 Å². The number of rotatable bonds is 5. The molecule has 0 bridgehead atoms. The van der Waals surface area contributed by atoms with E-state index in [-0.39, 0.29) is 12.8 Å². The topological polar surface area (TPSA) is 159 Å². The second kappa shape index (κ2) is 6.41. The van der Waals surface area contributed by atoms with Gasteiger partial charge in [0, 0.05) is 0 Å². The molecule has 1 heterocycles. The van der Waals surface area contributed by atoms with Crippen LogP contribution in [0.5, 0.6) is 0 Å². The van der Waals surface area contributed by atoms with Crippen molar-refractivity contribution in [2.75, 3.05) is 6.61 Å². The van der Waals surface area contributed by atoms with E-state index >= 15 is 0 Å². The minimum absolute atomic E-state index is 0.134. The fourth-order valence-corrected chi connectivity index (χ4v) is 1.94. The molecule has 0 radical (unpaired) electrons. The van der Waals surface area contributed by atoms with Gasteiger partial charge in [-0.25, -0.2) is 0 Å². The number of carboxylic acid groups (broad SMARTS) is 1. The summed E-state index contributed by atoms with van der Waals surface area (Å²) in [6, 6.07) is -1.87. The zero-order chi connectivity index (χ0) is 13.9. The lowest BCUT2D eigenvalue weighted by molar-refractivity contribution is -0.190. The first kappa shape index (κ1) is 15.3. The Hall–Kier alpha value is -0.770. The van der Waals surface area contributed by atoms with Crippen LogP contribution in [-0.4, -0.2) is 69.5 Å². The summed E-state index contributed by atoms with van der Waals surface area (Å²) in [4.78, 5) is 10.6. The first-order valence-corrected chi connectivity index (χ1v) is 5.75. The Morgan fingerprint density at radius 1 is 1.28 bits per heavy atom. The van der Waals surface area contributed by atoms with Crippen LogP contribution in [0.2, 0.25) is 0 Å². The molecule has 18 heavy (non-hydrogen) atoms. The average molecular weight is 264 g/mol. The standard InChI is InChI=1S/C10H20N2O6/c11-4(10(16)17)1-2-5-7(12)9(15)8(14)6(3-13)18-5/h4-9,13-15H,1-3,11-12H2,(H,16,17)/t4?,5-,6?,7?,8?,9?/m1/s1. The quantitative estimate of drug-likeness (QED) is 0.306. The Morgan fingerprint density at radius 3 is 2.39 bits per heavy atom. The first-order chi connectivity index (χ1) is 8.38. The summed E-state index contributed by atoms with van der Waals surface area (Å²) in [5, 5.41) is 36.9.